The first-order chi connectivity index (χ1) is 18.1. The van der Waals surface area contributed by atoms with E-state index in [9.17, 15) is 18.7 Å². The first kappa shape index (κ1) is 34.9. The SMILES string of the molecule is CC[N+]1(CC(C)(C)CCC[S+]([O-])CCC[S+]([O-])CCCC(C)(C)C[N+]2(CC)CC(=S)NC2=S)CC(=O)NC1=O. The Labute approximate surface area is 252 Å². The number of carbonyl (C=O) groups is 2. The van der Waals surface area contributed by atoms with Crippen LogP contribution in [0.4, 0.5) is 4.79 Å². The van der Waals surface area contributed by atoms with Crippen molar-refractivity contribution < 1.29 is 27.7 Å². The lowest BCUT2D eigenvalue weighted by Crippen LogP contribution is -2.54. The Kier molecular flexibility index (Phi) is 13.1. The number of likely N-dealkylation sites (N-methyl/N-ethyl adjacent to an activating group) is 2. The zero-order chi connectivity index (χ0) is 29.5. The van der Waals surface area contributed by atoms with Gasteiger partial charge in [0, 0.05) is 29.5 Å². The van der Waals surface area contributed by atoms with Gasteiger partial charge in [0.15, 0.2) is 6.54 Å². The lowest BCUT2D eigenvalue weighted by molar-refractivity contribution is -0.841. The van der Waals surface area contributed by atoms with Crippen LogP contribution < -0.4 is 10.6 Å². The summed E-state index contributed by atoms with van der Waals surface area (Å²) in [6.07, 6.45) is 4.22. The van der Waals surface area contributed by atoms with Crippen molar-refractivity contribution in [3.63, 3.8) is 0 Å². The van der Waals surface area contributed by atoms with Gasteiger partial charge in [0.1, 0.15) is 34.5 Å². The minimum Gasteiger partial charge on any atom is -0.616 e. The van der Waals surface area contributed by atoms with Gasteiger partial charge in [-0.25, -0.2) is 14.6 Å². The van der Waals surface area contributed by atoms with Gasteiger partial charge >= 0.3 is 6.03 Å². The van der Waals surface area contributed by atoms with E-state index < -0.39 is 22.4 Å². The van der Waals surface area contributed by atoms with Gasteiger partial charge in [0.2, 0.25) is 0 Å². The second-order valence-corrected chi connectivity index (χ2v) is 17.1. The topological polar surface area (TPSA) is 104 Å². The average molecular weight is 623 g/mol. The second-order valence-electron chi connectivity index (χ2n) is 12.8. The number of imide groups is 1. The average Bonchev–Trinajstić information content (AvgIpc) is 3.25. The second kappa shape index (κ2) is 14.7. The van der Waals surface area contributed by atoms with Crippen LogP contribution in [0.1, 0.15) is 73.6 Å². The summed E-state index contributed by atoms with van der Waals surface area (Å²) in [5.41, 5.74) is -0.0773. The molecular formula is C27H50N4O4S4+2. The number of thiocarbonyl (C=S) groups is 2. The molecule has 0 aromatic heterocycles. The fourth-order valence-electron chi connectivity index (χ4n) is 6.04. The van der Waals surface area contributed by atoms with Crippen LogP contribution in [0.25, 0.3) is 0 Å². The van der Waals surface area contributed by atoms with Crippen molar-refractivity contribution in [3.8, 4) is 0 Å². The van der Waals surface area contributed by atoms with Crippen LogP contribution in [0, 0.1) is 10.8 Å². The predicted molar refractivity (Wildman–Crippen MR) is 169 cm³/mol. The predicted octanol–water partition coefficient (Wildman–Crippen LogP) is 3.63. The molecular weight excluding hydrogens is 573 g/mol. The summed E-state index contributed by atoms with van der Waals surface area (Å²) in [6, 6.07) is -0.209. The Morgan fingerprint density at radius 3 is 1.62 bits per heavy atom. The molecule has 0 bridgehead atoms. The van der Waals surface area contributed by atoms with E-state index in [-0.39, 0.29) is 33.8 Å². The smallest absolute Gasteiger partial charge is 0.423 e. The van der Waals surface area contributed by atoms with Crippen LogP contribution in [0.5, 0.6) is 0 Å². The van der Waals surface area contributed by atoms with Crippen LogP contribution in [0.15, 0.2) is 0 Å². The van der Waals surface area contributed by atoms with Crippen molar-refractivity contribution in [2.45, 2.75) is 73.6 Å². The highest BCUT2D eigenvalue weighted by Gasteiger charge is 2.48. The summed E-state index contributed by atoms with van der Waals surface area (Å²) in [5.74, 6) is 2.24. The summed E-state index contributed by atoms with van der Waals surface area (Å²) in [7, 11) is 0. The first-order valence-corrected chi connectivity index (χ1v) is 18.0. The first-order valence-electron chi connectivity index (χ1n) is 14.2. The van der Waals surface area contributed by atoms with E-state index in [1.165, 1.54) is 0 Å². The van der Waals surface area contributed by atoms with Gasteiger partial charge in [-0.15, -0.1) is 0 Å². The molecule has 39 heavy (non-hydrogen) atoms. The molecule has 12 heteroatoms. The summed E-state index contributed by atoms with van der Waals surface area (Å²) >= 11 is 9.11. The maximum absolute atomic E-state index is 12.6. The molecule has 0 spiro atoms. The third-order valence-corrected chi connectivity index (χ3v) is 11.8. The van der Waals surface area contributed by atoms with Crippen LogP contribution in [0.2, 0.25) is 0 Å². The lowest BCUT2D eigenvalue weighted by atomic mass is 9.86. The van der Waals surface area contributed by atoms with Gasteiger partial charge < -0.3 is 9.11 Å². The molecule has 4 unspecified atom stereocenters. The zero-order valence-electron chi connectivity index (χ0n) is 24.8. The van der Waals surface area contributed by atoms with E-state index >= 15 is 0 Å². The molecule has 0 aliphatic carbocycles. The molecule has 2 fully saturated rings. The Morgan fingerprint density at radius 1 is 0.769 bits per heavy atom. The number of carbonyl (C=O) groups excluding carboxylic acids is 2. The Bertz CT molecular complexity index is 833. The Balaban J connectivity index is 1.63. The van der Waals surface area contributed by atoms with Crippen LogP contribution in [-0.4, -0.2) is 102 Å². The molecule has 8 nitrogen and oxygen atoms in total. The zero-order valence-corrected chi connectivity index (χ0v) is 28.0. The van der Waals surface area contributed by atoms with Crippen molar-refractivity contribution in [2.24, 2.45) is 10.8 Å². The normalized spacial score (nSPS) is 25.6. The van der Waals surface area contributed by atoms with E-state index in [1.54, 1.807) is 0 Å². The monoisotopic (exact) mass is 622 g/mol. The minimum absolute atomic E-state index is 0.0634. The van der Waals surface area contributed by atoms with Gasteiger partial charge in [-0.05, 0) is 39.5 Å². The molecule has 2 rings (SSSR count). The van der Waals surface area contributed by atoms with Crippen molar-refractivity contribution >= 4 is 68.8 Å². The number of nitrogens with one attached hydrogen (secondary N) is 2. The van der Waals surface area contributed by atoms with Crippen LogP contribution in [0.3, 0.4) is 0 Å². The molecule has 224 valence electrons. The molecule has 0 saturated carbocycles. The summed E-state index contributed by atoms with van der Waals surface area (Å²) < 4.78 is 26.0. The molecule has 2 saturated heterocycles. The molecule has 0 aromatic carbocycles. The van der Waals surface area contributed by atoms with Gasteiger partial charge in [0.25, 0.3) is 11.0 Å². The van der Waals surface area contributed by atoms with E-state index in [2.05, 4.69) is 45.3 Å². The summed E-state index contributed by atoms with van der Waals surface area (Å²) in [6.45, 7) is 16.8. The minimum atomic E-state index is -0.939. The maximum atomic E-state index is 12.6. The number of hydrogen-bond acceptors (Lipinski definition) is 6. The third kappa shape index (κ3) is 10.5. The van der Waals surface area contributed by atoms with E-state index in [0.717, 1.165) is 55.4 Å². The Hall–Kier alpha value is -0.340. The number of hydrogen-bond donors (Lipinski definition) is 2. The highest BCUT2D eigenvalue weighted by Crippen LogP contribution is 2.31. The maximum Gasteiger partial charge on any atom is 0.423 e. The van der Waals surface area contributed by atoms with E-state index in [4.69, 9.17) is 24.4 Å². The quantitative estimate of drug-likeness (QED) is 0.104. The molecule has 4 atom stereocenters. The fraction of sp³-hybridized carbons (Fsp3) is 0.852. The van der Waals surface area contributed by atoms with Crippen LogP contribution >= 0.6 is 24.4 Å². The fourth-order valence-corrected chi connectivity index (χ4v) is 9.29. The molecule has 2 aliphatic heterocycles. The Morgan fingerprint density at radius 2 is 1.23 bits per heavy atom. The number of quaternary nitrogens is 2. The largest absolute Gasteiger partial charge is 0.616 e. The highest BCUT2D eigenvalue weighted by molar-refractivity contribution is 7.92. The molecule has 0 radical (unpaired) electrons. The van der Waals surface area contributed by atoms with Gasteiger partial charge in [-0.1, -0.05) is 62.3 Å². The van der Waals surface area contributed by atoms with Crippen LogP contribution in [-0.2, 0) is 27.1 Å². The van der Waals surface area contributed by atoms with Crippen molar-refractivity contribution in [1.82, 2.24) is 10.6 Å². The third-order valence-electron chi connectivity index (χ3n) is 8.11. The van der Waals surface area contributed by atoms with Crippen molar-refractivity contribution in [3.05, 3.63) is 0 Å². The van der Waals surface area contributed by atoms with Gasteiger partial charge in [0.05, 0.1) is 26.2 Å². The number of urea groups is 1. The van der Waals surface area contributed by atoms with Gasteiger partial charge in [-0.2, -0.15) is 0 Å². The van der Waals surface area contributed by atoms with E-state index in [1.807, 2.05) is 6.92 Å². The summed E-state index contributed by atoms with van der Waals surface area (Å²) in [4.78, 5) is 24.9. The van der Waals surface area contributed by atoms with Gasteiger partial charge in [-0.3, -0.25) is 14.6 Å². The number of rotatable bonds is 18. The number of amides is 3. The molecule has 3 amide bonds. The molecule has 2 N–H and O–H groups in total. The molecule has 2 aliphatic rings. The van der Waals surface area contributed by atoms with Crippen molar-refractivity contribution in [1.29, 1.82) is 0 Å². The molecule has 0 aromatic rings. The highest BCUT2D eigenvalue weighted by atomic mass is 32.2. The molecule has 2 heterocycles. The standard InChI is InChI=1S/C27H48N4O4S4/c1-7-30(18-22(32)28-24(30)33)20-26(3,4)12-9-14-38(34)16-11-17-39(35)15-10-13-27(5,6)21-31(8-2)19-23(36)29-25(31)37/h7-21H2,1-6H3/p+2. The van der Waals surface area contributed by atoms with Crippen molar-refractivity contribution in [2.75, 3.05) is 62.3 Å². The number of nitrogens with zero attached hydrogens (tertiary/aromatic N) is 2. The van der Waals surface area contributed by atoms with E-state index in [0.29, 0.717) is 47.0 Å². The summed E-state index contributed by atoms with van der Waals surface area (Å²) in [5, 5.41) is 6.42. The lowest BCUT2D eigenvalue weighted by Gasteiger charge is -2.37.